The maximum absolute atomic E-state index is 12.3. The highest BCUT2D eigenvalue weighted by Crippen LogP contribution is 2.34. The van der Waals surface area contributed by atoms with Crippen LogP contribution in [0.2, 0.25) is 0 Å². The summed E-state index contributed by atoms with van der Waals surface area (Å²) < 4.78 is 23.6. The molecule has 0 bridgehead atoms. The van der Waals surface area contributed by atoms with Gasteiger partial charge in [0.05, 0.1) is 29.7 Å². The van der Waals surface area contributed by atoms with Crippen LogP contribution < -0.4 is 9.47 Å². The summed E-state index contributed by atoms with van der Waals surface area (Å²) in [5.74, 6) is 0.893. The van der Waals surface area contributed by atoms with Gasteiger partial charge in [0, 0.05) is 25.1 Å². The lowest BCUT2D eigenvalue weighted by molar-refractivity contribution is 0.0438. The van der Waals surface area contributed by atoms with Gasteiger partial charge in [-0.2, -0.15) is 5.26 Å². The number of carbonyl (C=O) groups excluding carboxylic acids is 1. The Morgan fingerprint density at radius 1 is 1.16 bits per heavy atom. The van der Waals surface area contributed by atoms with Gasteiger partial charge in [0.1, 0.15) is 23.1 Å². The SMILES string of the molecule is CCOC(=O)c1ccc(-n2cc(C#N)c3c(OCC(C)C)cccc32)cc1OCOC. The number of esters is 1. The number of rotatable bonds is 9. The molecule has 0 unspecified atom stereocenters. The fraction of sp³-hybridized carbons (Fsp3) is 0.333. The Hall–Kier alpha value is -3.50. The van der Waals surface area contributed by atoms with E-state index in [0.717, 1.165) is 16.6 Å². The fourth-order valence-corrected chi connectivity index (χ4v) is 3.21. The summed E-state index contributed by atoms with van der Waals surface area (Å²) in [6.07, 6.45) is 1.76. The van der Waals surface area contributed by atoms with Crippen molar-refractivity contribution in [1.29, 1.82) is 5.26 Å². The van der Waals surface area contributed by atoms with Crippen molar-refractivity contribution < 1.29 is 23.7 Å². The molecule has 0 radical (unpaired) electrons. The molecule has 0 aliphatic carbocycles. The average Bonchev–Trinajstić information content (AvgIpc) is 3.15. The van der Waals surface area contributed by atoms with Crippen LogP contribution in [0.15, 0.2) is 42.6 Å². The zero-order chi connectivity index (χ0) is 22.4. The van der Waals surface area contributed by atoms with Gasteiger partial charge in [-0.1, -0.05) is 19.9 Å². The van der Waals surface area contributed by atoms with Crippen molar-refractivity contribution in [1.82, 2.24) is 4.57 Å². The molecule has 0 saturated heterocycles. The molecule has 0 amide bonds. The summed E-state index contributed by atoms with van der Waals surface area (Å²) in [5.41, 5.74) is 2.36. The first-order valence-corrected chi connectivity index (χ1v) is 10.1. The van der Waals surface area contributed by atoms with Gasteiger partial charge in [-0.25, -0.2) is 4.79 Å². The van der Waals surface area contributed by atoms with Crippen LogP contribution in [0.1, 0.15) is 36.7 Å². The van der Waals surface area contributed by atoms with E-state index in [9.17, 15) is 10.1 Å². The summed E-state index contributed by atoms with van der Waals surface area (Å²) >= 11 is 0. The van der Waals surface area contributed by atoms with Crippen LogP contribution >= 0.6 is 0 Å². The first-order valence-electron chi connectivity index (χ1n) is 10.1. The molecule has 31 heavy (non-hydrogen) atoms. The quantitative estimate of drug-likeness (QED) is 0.367. The minimum absolute atomic E-state index is 0.0150. The molecular formula is C24H26N2O5. The Morgan fingerprint density at radius 3 is 2.65 bits per heavy atom. The minimum atomic E-state index is -0.473. The van der Waals surface area contributed by atoms with Crippen molar-refractivity contribution in [3.63, 3.8) is 0 Å². The minimum Gasteiger partial charge on any atom is -0.493 e. The largest absolute Gasteiger partial charge is 0.493 e. The molecule has 1 heterocycles. The van der Waals surface area contributed by atoms with Crippen LogP contribution in [0.5, 0.6) is 11.5 Å². The van der Waals surface area contributed by atoms with E-state index in [1.165, 1.54) is 7.11 Å². The Kier molecular flexibility index (Phi) is 7.16. The number of hydrogen-bond donors (Lipinski definition) is 0. The van der Waals surface area contributed by atoms with E-state index in [0.29, 0.717) is 35.2 Å². The maximum atomic E-state index is 12.3. The van der Waals surface area contributed by atoms with Gasteiger partial charge in [-0.15, -0.1) is 0 Å². The van der Waals surface area contributed by atoms with Gasteiger partial charge in [0.25, 0.3) is 0 Å². The van der Waals surface area contributed by atoms with E-state index in [1.807, 2.05) is 22.8 Å². The zero-order valence-corrected chi connectivity index (χ0v) is 18.2. The molecule has 162 valence electrons. The third kappa shape index (κ3) is 4.81. The topological polar surface area (TPSA) is 82.7 Å². The number of aromatic nitrogens is 1. The molecule has 0 N–H and O–H groups in total. The Labute approximate surface area is 181 Å². The third-order valence-corrected chi connectivity index (χ3v) is 4.55. The van der Waals surface area contributed by atoms with Gasteiger partial charge in [-0.3, -0.25) is 0 Å². The smallest absolute Gasteiger partial charge is 0.341 e. The zero-order valence-electron chi connectivity index (χ0n) is 18.2. The van der Waals surface area contributed by atoms with Crippen LogP contribution in [0.3, 0.4) is 0 Å². The number of nitrogens with zero attached hydrogens (tertiary/aromatic N) is 2. The van der Waals surface area contributed by atoms with E-state index in [1.54, 1.807) is 31.3 Å². The van der Waals surface area contributed by atoms with Crippen molar-refractivity contribution in [2.45, 2.75) is 20.8 Å². The Morgan fingerprint density at radius 2 is 1.97 bits per heavy atom. The molecule has 1 aromatic heterocycles. The van der Waals surface area contributed by atoms with Gasteiger partial charge < -0.3 is 23.5 Å². The molecule has 0 fully saturated rings. The lowest BCUT2D eigenvalue weighted by atomic mass is 10.1. The van der Waals surface area contributed by atoms with Gasteiger partial charge in [0.15, 0.2) is 6.79 Å². The average molecular weight is 422 g/mol. The molecule has 2 aromatic carbocycles. The summed E-state index contributed by atoms with van der Waals surface area (Å²) in [6, 6.07) is 13.1. The number of ether oxygens (including phenoxy) is 4. The number of nitriles is 1. The molecule has 3 rings (SSSR count). The van der Waals surface area contributed by atoms with Crippen molar-refractivity contribution >= 4 is 16.9 Å². The number of hydrogen-bond acceptors (Lipinski definition) is 6. The molecule has 0 saturated carbocycles. The predicted molar refractivity (Wildman–Crippen MR) is 117 cm³/mol. The van der Waals surface area contributed by atoms with Crippen LogP contribution in [-0.4, -0.2) is 37.7 Å². The summed E-state index contributed by atoms with van der Waals surface area (Å²) in [4.78, 5) is 12.3. The predicted octanol–water partition coefficient (Wildman–Crippen LogP) is 4.70. The van der Waals surface area contributed by atoms with Gasteiger partial charge >= 0.3 is 5.97 Å². The number of benzene rings is 2. The lowest BCUT2D eigenvalue weighted by Crippen LogP contribution is -2.10. The second-order valence-electron chi connectivity index (χ2n) is 7.33. The number of methoxy groups -OCH3 is 1. The van der Waals surface area contributed by atoms with E-state index < -0.39 is 5.97 Å². The highest BCUT2D eigenvalue weighted by atomic mass is 16.7. The molecule has 0 aliphatic rings. The number of fused-ring (bicyclic) bond motifs is 1. The standard InChI is InChI=1S/C24H26N2O5/c1-5-29-24(27)19-10-9-18(11-22(19)31-15-28-4)26-13-17(12-25)23-20(26)7-6-8-21(23)30-14-16(2)3/h6-11,13,16H,5,14-15H2,1-4H3. The fourth-order valence-electron chi connectivity index (χ4n) is 3.21. The van der Waals surface area contributed by atoms with Crippen LogP contribution in [0.25, 0.3) is 16.6 Å². The van der Waals surface area contributed by atoms with Crippen molar-refractivity contribution in [2.75, 3.05) is 27.1 Å². The summed E-state index contributed by atoms with van der Waals surface area (Å²) in [5, 5.41) is 10.5. The highest BCUT2D eigenvalue weighted by molar-refractivity contribution is 5.95. The molecular weight excluding hydrogens is 396 g/mol. The van der Waals surface area contributed by atoms with Crippen molar-refractivity contribution in [3.8, 4) is 23.3 Å². The normalized spacial score (nSPS) is 10.8. The monoisotopic (exact) mass is 422 g/mol. The first-order chi connectivity index (χ1) is 15.0. The van der Waals surface area contributed by atoms with Crippen LogP contribution in [0, 0.1) is 17.2 Å². The van der Waals surface area contributed by atoms with E-state index in [4.69, 9.17) is 18.9 Å². The molecule has 7 nitrogen and oxygen atoms in total. The molecule has 0 spiro atoms. The van der Waals surface area contributed by atoms with Gasteiger partial charge in [-0.05, 0) is 37.1 Å². The third-order valence-electron chi connectivity index (χ3n) is 4.55. The highest BCUT2D eigenvalue weighted by Gasteiger charge is 2.18. The van der Waals surface area contributed by atoms with E-state index in [-0.39, 0.29) is 13.4 Å². The summed E-state index contributed by atoms with van der Waals surface area (Å²) in [7, 11) is 1.51. The second kappa shape index (κ2) is 10.0. The lowest BCUT2D eigenvalue weighted by Gasteiger charge is -2.14. The van der Waals surface area contributed by atoms with E-state index >= 15 is 0 Å². The molecule has 0 aliphatic heterocycles. The first kappa shape index (κ1) is 22.2. The maximum Gasteiger partial charge on any atom is 0.341 e. The van der Waals surface area contributed by atoms with E-state index in [2.05, 4.69) is 19.9 Å². The van der Waals surface area contributed by atoms with Crippen LogP contribution in [0.4, 0.5) is 0 Å². The Bertz CT molecular complexity index is 1110. The number of carbonyl (C=O) groups is 1. The Balaban J connectivity index is 2.11. The molecule has 7 heteroatoms. The van der Waals surface area contributed by atoms with Crippen LogP contribution in [-0.2, 0) is 9.47 Å². The molecule has 0 atom stereocenters. The van der Waals surface area contributed by atoms with Crippen molar-refractivity contribution in [2.24, 2.45) is 5.92 Å². The second-order valence-corrected chi connectivity index (χ2v) is 7.33. The van der Waals surface area contributed by atoms with Crippen molar-refractivity contribution in [3.05, 3.63) is 53.7 Å². The summed E-state index contributed by atoms with van der Waals surface area (Å²) in [6.45, 7) is 6.69. The molecule has 3 aromatic rings. The van der Waals surface area contributed by atoms with Gasteiger partial charge in [0.2, 0.25) is 0 Å².